The second-order valence-corrected chi connectivity index (χ2v) is 8.60. The molecule has 3 aliphatic rings. The van der Waals surface area contributed by atoms with Crippen molar-refractivity contribution in [3.05, 3.63) is 0 Å². The van der Waals surface area contributed by atoms with Gasteiger partial charge in [-0.1, -0.05) is 0 Å². The van der Waals surface area contributed by atoms with E-state index in [9.17, 15) is 13.2 Å². The molecule has 21 heavy (non-hydrogen) atoms. The fourth-order valence-corrected chi connectivity index (χ4v) is 5.72. The van der Waals surface area contributed by atoms with Gasteiger partial charge in [-0.25, -0.2) is 12.7 Å². The first-order valence-electron chi connectivity index (χ1n) is 8.02. The highest BCUT2D eigenvalue weighted by Gasteiger charge is 2.38. The van der Waals surface area contributed by atoms with Crippen LogP contribution < -0.4 is 10.6 Å². The van der Waals surface area contributed by atoms with E-state index >= 15 is 0 Å². The Morgan fingerprint density at radius 1 is 1.14 bits per heavy atom. The second kappa shape index (κ2) is 6.22. The maximum atomic E-state index is 12.6. The third-order valence-electron chi connectivity index (χ3n) is 5.08. The lowest BCUT2D eigenvalue weighted by atomic mass is 9.86. The highest BCUT2D eigenvalue weighted by Crippen LogP contribution is 2.28. The average Bonchev–Trinajstić information content (AvgIpc) is 2.47. The molecule has 0 spiro atoms. The van der Waals surface area contributed by atoms with Crippen LogP contribution in [0.25, 0.3) is 0 Å². The molecular formula is C14H25N3O3S. The van der Waals surface area contributed by atoms with Crippen LogP contribution in [0.15, 0.2) is 0 Å². The predicted molar refractivity (Wildman–Crippen MR) is 80.2 cm³/mol. The summed E-state index contributed by atoms with van der Waals surface area (Å²) in [6.45, 7) is 2.99. The van der Waals surface area contributed by atoms with Crippen LogP contribution in [0.3, 0.4) is 0 Å². The smallest absolute Gasteiger partial charge is 0.220 e. The molecule has 0 aliphatic carbocycles. The van der Waals surface area contributed by atoms with E-state index in [1.807, 2.05) is 0 Å². The van der Waals surface area contributed by atoms with E-state index in [2.05, 4.69) is 10.6 Å². The molecule has 0 bridgehead atoms. The van der Waals surface area contributed by atoms with Gasteiger partial charge in [-0.3, -0.25) is 4.79 Å². The molecule has 2 unspecified atom stereocenters. The predicted octanol–water partition coefficient (Wildman–Crippen LogP) is -0.0837. The third-order valence-corrected chi connectivity index (χ3v) is 7.09. The molecule has 3 rings (SSSR count). The summed E-state index contributed by atoms with van der Waals surface area (Å²) in [4.78, 5) is 11.4. The summed E-state index contributed by atoms with van der Waals surface area (Å²) < 4.78 is 26.9. The van der Waals surface area contributed by atoms with Gasteiger partial charge in [0, 0.05) is 25.6 Å². The number of amides is 1. The number of carbonyl (C=O) groups excluding carboxylic acids is 1. The minimum absolute atomic E-state index is 0.113. The quantitative estimate of drug-likeness (QED) is 0.763. The number of nitrogens with zero attached hydrogens (tertiary/aromatic N) is 1. The molecule has 7 heteroatoms. The van der Waals surface area contributed by atoms with E-state index in [0.717, 1.165) is 38.8 Å². The minimum Gasteiger partial charge on any atom is -0.353 e. The average molecular weight is 315 g/mol. The SMILES string of the molecule is O=C1CCC2CN(S(=O)(=O)CC3CCNCC3)CCC2N1. The zero-order valence-corrected chi connectivity index (χ0v) is 13.2. The minimum atomic E-state index is -3.15. The summed E-state index contributed by atoms with van der Waals surface area (Å²) in [5.41, 5.74) is 0. The number of sulfonamides is 1. The van der Waals surface area contributed by atoms with Crippen molar-refractivity contribution in [2.75, 3.05) is 31.9 Å². The zero-order valence-electron chi connectivity index (χ0n) is 12.4. The fourth-order valence-electron chi connectivity index (χ4n) is 3.78. The van der Waals surface area contributed by atoms with E-state index in [-0.39, 0.29) is 11.9 Å². The third kappa shape index (κ3) is 3.57. The van der Waals surface area contributed by atoms with Gasteiger partial charge in [0.15, 0.2) is 0 Å². The largest absolute Gasteiger partial charge is 0.353 e. The molecule has 6 nitrogen and oxygen atoms in total. The van der Waals surface area contributed by atoms with Crippen LogP contribution in [0, 0.1) is 11.8 Å². The van der Waals surface area contributed by atoms with Gasteiger partial charge in [0.2, 0.25) is 15.9 Å². The lowest BCUT2D eigenvalue weighted by Gasteiger charge is -2.41. The van der Waals surface area contributed by atoms with Crippen molar-refractivity contribution in [2.24, 2.45) is 11.8 Å². The van der Waals surface area contributed by atoms with E-state index in [1.165, 1.54) is 0 Å². The molecule has 3 fully saturated rings. The summed E-state index contributed by atoms with van der Waals surface area (Å²) in [6, 6.07) is 0.177. The zero-order chi connectivity index (χ0) is 14.9. The van der Waals surface area contributed by atoms with Gasteiger partial charge >= 0.3 is 0 Å². The van der Waals surface area contributed by atoms with Gasteiger partial charge in [-0.15, -0.1) is 0 Å². The lowest BCUT2D eigenvalue weighted by Crippen LogP contribution is -2.55. The van der Waals surface area contributed by atoms with Crippen LogP contribution in [0.4, 0.5) is 0 Å². The Balaban J connectivity index is 1.59. The number of hydrogen-bond donors (Lipinski definition) is 2. The van der Waals surface area contributed by atoms with Gasteiger partial charge in [-0.05, 0) is 50.6 Å². The van der Waals surface area contributed by atoms with Crippen molar-refractivity contribution in [2.45, 2.75) is 38.1 Å². The Morgan fingerprint density at radius 2 is 1.90 bits per heavy atom. The van der Waals surface area contributed by atoms with Gasteiger partial charge < -0.3 is 10.6 Å². The van der Waals surface area contributed by atoms with Crippen molar-refractivity contribution in [3.8, 4) is 0 Å². The van der Waals surface area contributed by atoms with Crippen LogP contribution in [0.2, 0.25) is 0 Å². The number of nitrogens with one attached hydrogen (secondary N) is 2. The molecule has 0 radical (unpaired) electrons. The van der Waals surface area contributed by atoms with Crippen LogP contribution in [0.1, 0.15) is 32.1 Å². The van der Waals surface area contributed by atoms with Gasteiger partial charge in [0.1, 0.15) is 0 Å². The summed E-state index contributed by atoms with van der Waals surface area (Å²) in [7, 11) is -3.15. The molecule has 0 saturated carbocycles. The summed E-state index contributed by atoms with van der Waals surface area (Å²) in [6.07, 6.45) is 4.01. The molecule has 120 valence electrons. The Kier molecular flexibility index (Phi) is 4.51. The maximum Gasteiger partial charge on any atom is 0.220 e. The standard InChI is InChI=1S/C14H25N3O3S/c18-14-2-1-12-9-17(8-5-13(12)16-14)21(19,20)10-11-3-6-15-7-4-11/h11-13,15H,1-10H2,(H,16,18). The van der Waals surface area contributed by atoms with Crippen LogP contribution in [0.5, 0.6) is 0 Å². The normalized spacial score (nSPS) is 32.5. The first-order chi connectivity index (χ1) is 10.0. The number of carbonyl (C=O) groups is 1. The lowest BCUT2D eigenvalue weighted by molar-refractivity contribution is -0.124. The molecular weight excluding hydrogens is 290 g/mol. The molecule has 3 saturated heterocycles. The van der Waals surface area contributed by atoms with E-state index in [4.69, 9.17) is 0 Å². The Morgan fingerprint density at radius 3 is 2.67 bits per heavy atom. The van der Waals surface area contributed by atoms with E-state index in [0.29, 0.717) is 37.1 Å². The number of piperidine rings is 3. The Bertz CT molecular complexity index is 488. The molecule has 3 aliphatic heterocycles. The number of rotatable bonds is 3. The van der Waals surface area contributed by atoms with Gasteiger partial charge in [0.05, 0.1) is 5.75 Å². The van der Waals surface area contributed by atoms with Crippen LogP contribution in [-0.4, -0.2) is 56.6 Å². The number of fused-ring (bicyclic) bond motifs is 1. The highest BCUT2D eigenvalue weighted by atomic mass is 32.2. The maximum absolute atomic E-state index is 12.6. The van der Waals surface area contributed by atoms with Gasteiger partial charge in [0.25, 0.3) is 0 Å². The molecule has 1 amide bonds. The van der Waals surface area contributed by atoms with Crippen molar-refractivity contribution in [1.82, 2.24) is 14.9 Å². The highest BCUT2D eigenvalue weighted by molar-refractivity contribution is 7.89. The second-order valence-electron chi connectivity index (χ2n) is 6.59. The van der Waals surface area contributed by atoms with E-state index in [1.54, 1.807) is 4.31 Å². The fraction of sp³-hybridized carbons (Fsp3) is 0.929. The van der Waals surface area contributed by atoms with E-state index < -0.39 is 10.0 Å². The monoisotopic (exact) mass is 315 g/mol. The molecule has 2 N–H and O–H groups in total. The Labute approximate surface area is 126 Å². The van der Waals surface area contributed by atoms with Crippen molar-refractivity contribution in [1.29, 1.82) is 0 Å². The van der Waals surface area contributed by atoms with Crippen molar-refractivity contribution >= 4 is 15.9 Å². The first kappa shape index (κ1) is 15.2. The summed E-state index contributed by atoms with van der Waals surface area (Å²) in [5.74, 6) is 0.986. The Hall–Kier alpha value is -0.660. The summed E-state index contributed by atoms with van der Waals surface area (Å²) >= 11 is 0. The van der Waals surface area contributed by atoms with Gasteiger partial charge in [-0.2, -0.15) is 0 Å². The molecule has 0 aromatic rings. The first-order valence-corrected chi connectivity index (χ1v) is 9.63. The van der Waals surface area contributed by atoms with Crippen LogP contribution >= 0.6 is 0 Å². The topological polar surface area (TPSA) is 78.5 Å². The number of hydrogen-bond acceptors (Lipinski definition) is 4. The van der Waals surface area contributed by atoms with Crippen LogP contribution in [-0.2, 0) is 14.8 Å². The molecule has 0 aromatic heterocycles. The van der Waals surface area contributed by atoms with Crippen molar-refractivity contribution < 1.29 is 13.2 Å². The van der Waals surface area contributed by atoms with Crippen molar-refractivity contribution in [3.63, 3.8) is 0 Å². The molecule has 3 heterocycles. The molecule has 0 aromatic carbocycles. The molecule has 2 atom stereocenters. The summed E-state index contributed by atoms with van der Waals surface area (Å²) in [5, 5.41) is 6.28.